The van der Waals surface area contributed by atoms with Gasteiger partial charge in [0.15, 0.2) is 0 Å². The molecule has 55 heavy (non-hydrogen) atoms. The number of hydrogen-bond donors (Lipinski definition) is 3. The van der Waals surface area contributed by atoms with E-state index in [1.807, 2.05) is 49.9 Å². The summed E-state index contributed by atoms with van der Waals surface area (Å²) in [6.45, 7) is 8.87. The Hall–Kier alpha value is -5.11. The highest BCUT2D eigenvalue weighted by Gasteiger charge is 2.39. The zero-order valence-electron chi connectivity index (χ0n) is 32.3. The predicted octanol–water partition coefficient (Wildman–Crippen LogP) is 6.83. The molecule has 292 valence electrons. The second-order valence-electron chi connectivity index (χ2n) is 14.9. The van der Waals surface area contributed by atoms with Gasteiger partial charge >= 0.3 is 12.2 Å². The molecule has 0 unspecified atom stereocenters. The van der Waals surface area contributed by atoms with Gasteiger partial charge in [-0.05, 0) is 78.5 Å². The molecule has 0 bridgehead atoms. The van der Waals surface area contributed by atoms with E-state index in [1.165, 1.54) is 14.2 Å². The number of ether oxygens (including phenoxy) is 2. The smallest absolute Gasteiger partial charge is 0.407 e. The Balaban J connectivity index is 1.07. The third-order valence-electron chi connectivity index (χ3n) is 10.5. The number of imidazole rings is 1. The average molecular weight is 770 g/mol. The maximum Gasteiger partial charge on any atom is 0.407 e. The number of aromatic nitrogens is 2. The molecular weight excluding hydrogens is 719 g/mol. The number of methoxy groups -OCH3 is 2. The minimum atomic E-state index is -0.684. The number of likely N-dealkylation sites (tertiary alicyclic amines) is 2. The largest absolute Gasteiger partial charge is 0.453 e. The quantitative estimate of drug-likeness (QED) is 0.181. The fourth-order valence-electron chi connectivity index (χ4n) is 7.53. The van der Waals surface area contributed by atoms with Crippen LogP contribution in [0.4, 0.5) is 9.59 Å². The minimum absolute atomic E-state index is 0.0868. The summed E-state index contributed by atoms with van der Waals surface area (Å²) in [7, 11) is 2.59. The zero-order chi connectivity index (χ0) is 39.2. The minimum Gasteiger partial charge on any atom is -0.453 e. The van der Waals surface area contributed by atoms with Crippen LogP contribution in [0.1, 0.15) is 77.2 Å². The Morgan fingerprint density at radius 2 is 1.40 bits per heavy atom. The van der Waals surface area contributed by atoms with Crippen LogP contribution >= 0.6 is 11.8 Å². The van der Waals surface area contributed by atoms with Crippen LogP contribution in [-0.2, 0) is 19.1 Å². The first kappa shape index (κ1) is 39.6. The molecule has 3 N–H and O–H groups in total. The summed E-state index contributed by atoms with van der Waals surface area (Å²) in [6, 6.07) is 15.1. The van der Waals surface area contributed by atoms with Gasteiger partial charge in [0.2, 0.25) is 11.8 Å². The summed E-state index contributed by atoms with van der Waals surface area (Å²) in [5.41, 5.74) is 5.03. The van der Waals surface area contributed by atoms with Crippen molar-refractivity contribution in [3.63, 3.8) is 0 Å². The number of benzene rings is 2. The van der Waals surface area contributed by atoms with Crippen LogP contribution in [0.5, 0.6) is 0 Å². The molecule has 14 heteroatoms. The SMILES string of the molecule is COC(=O)N[C@H](C(=O)N1CCC[C@H]1C1=NC=C(c2cccc(Sc3ccc(-c4cnc([C@@H]5CCCN5C(=O)[C@@H](NC(=O)OC)C(C)C)[nH]4)cc3)c2)C1)C(C)C. The van der Waals surface area contributed by atoms with Crippen molar-refractivity contribution >= 4 is 47.0 Å². The van der Waals surface area contributed by atoms with Crippen LogP contribution in [0.15, 0.2) is 75.7 Å². The van der Waals surface area contributed by atoms with Gasteiger partial charge in [-0.15, -0.1) is 0 Å². The van der Waals surface area contributed by atoms with Crippen molar-refractivity contribution in [1.82, 2.24) is 30.4 Å². The number of allylic oxidation sites excluding steroid dienone is 1. The number of aliphatic imine (C=N–C) groups is 1. The second-order valence-corrected chi connectivity index (χ2v) is 16.0. The van der Waals surface area contributed by atoms with E-state index >= 15 is 0 Å². The summed E-state index contributed by atoms with van der Waals surface area (Å²) in [5, 5.41) is 5.41. The van der Waals surface area contributed by atoms with E-state index in [0.717, 1.165) is 69.4 Å². The van der Waals surface area contributed by atoms with Crippen molar-refractivity contribution in [2.75, 3.05) is 27.3 Å². The van der Waals surface area contributed by atoms with Crippen molar-refractivity contribution in [3.8, 4) is 11.3 Å². The molecule has 2 saturated heterocycles. The van der Waals surface area contributed by atoms with Crippen LogP contribution in [0.3, 0.4) is 0 Å². The number of carbonyl (C=O) groups excluding carboxylic acids is 4. The molecule has 3 aliphatic heterocycles. The van der Waals surface area contributed by atoms with Gasteiger partial charge in [-0.2, -0.15) is 0 Å². The summed E-state index contributed by atoms with van der Waals surface area (Å²) >= 11 is 1.68. The Morgan fingerprint density at radius 3 is 2.00 bits per heavy atom. The first-order chi connectivity index (χ1) is 26.5. The molecule has 6 rings (SSSR count). The summed E-state index contributed by atoms with van der Waals surface area (Å²) < 4.78 is 9.53. The molecule has 2 fully saturated rings. The molecule has 4 atom stereocenters. The van der Waals surface area contributed by atoms with Crippen molar-refractivity contribution in [3.05, 3.63) is 72.3 Å². The van der Waals surface area contributed by atoms with Gasteiger partial charge in [0.05, 0.1) is 38.2 Å². The van der Waals surface area contributed by atoms with Crippen molar-refractivity contribution < 1.29 is 28.7 Å². The Labute approximate surface area is 326 Å². The van der Waals surface area contributed by atoms with Crippen LogP contribution in [-0.4, -0.2) is 94.9 Å². The monoisotopic (exact) mass is 769 g/mol. The Kier molecular flexibility index (Phi) is 12.6. The first-order valence-corrected chi connectivity index (χ1v) is 19.8. The van der Waals surface area contributed by atoms with Gasteiger partial charge in [-0.3, -0.25) is 14.6 Å². The topological polar surface area (TPSA) is 158 Å². The van der Waals surface area contributed by atoms with E-state index in [2.05, 4.69) is 69.1 Å². The third-order valence-corrected chi connectivity index (χ3v) is 11.5. The number of H-pyrrole nitrogens is 1. The number of carbonyl (C=O) groups is 4. The number of aromatic amines is 1. The molecule has 13 nitrogen and oxygen atoms in total. The molecule has 3 aromatic rings. The second kappa shape index (κ2) is 17.6. The van der Waals surface area contributed by atoms with Crippen LogP contribution in [0, 0.1) is 11.8 Å². The van der Waals surface area contributed by atoms with Crippen molar-refractivity contribution in [1.29, 1.82) is 0 Å². The van der Waals surface area contributed by atoms with E-state index < -0.39 is 24.3 Å². The van der Waals surface area contributed by atoms with Crippen LogP contribution < -0.4 is 10.6 Å². The Morgan fingerprint density at radius 1 is 0.800 bits per heavy atom. The standard InChI is InChI=1S/C41H51N7O6S/c1-24(2)35(45-40(51)53-5)38(49)47-18-8-12-33(47)31-21-28(22-42-31)27-10-7-11-30(20-27)55-29-16-14-26(15-17-29)32-23-43-37(44-32)34-13-9-19-48(34)39(50)36(25(3)4)46-41(52)54-6/h7,10-11,14-17,20,22-25,33-36H,8-9,12-13,18-19,21H2,1-6H3,(H,43,44)(H,45,51)(H,46,52)/t33-,34-,35-,36-/m0/s1. The highest BCUT2D eigenvalue weighted by atomic mass is 32.2. The fraction of sp³-hybridized carbons (Fsp3) is 0.463. The molecule has 0 aliphatic carbocycles. The van der Waals surface area contributed by atoms with Crippen molar-refractivity contribution in [2.45, 2.75) is 93.8 Å². The molecule has 1 aromatic heterocycles. The van der Waals surface area contributed by atoms with Crippen molar-refractivity contribution in [2.24, 2.45) is 16.8 Å². The number of nitrogens with zero attached hydrogens (tertiary/aromatic N) is 4. The lowest BCUT2D eigenvalue weighted by molar-refractivity contribution is -0.135. The number of nitrogens with one attached hydrogen (secondary N) is 3. The van der Waals surface area contributed by atoms with Gasteiger partial charge in [0, 0.05) is 41.2 Å². The lowest BCUT2D eigenvalue weighted by atomic mass is 9.97. The number of alkyl carbamates (subject to hydrolysis) is 2. The average Bonchev–Trinajstić information content (AvgIpc) is 4.02. The lowest BCUT2D eigenvalue weighted by Crippen LogP contribution is -2.53. The number of amides is 4. The normalized spacial score (nSPS) is 19.3. The zero-order valence-corrected chi connectivity index (χ0v) is 33.2. The molecule has 4 heterocycles. The number of rotatable bonds is 12. The van der Waals surface area contributed by atoms with E-state index in [0.29, 0.717) is 19.5 Å². The van der Waals surface area contributed by atoms with Gasteiger partial charge in [0.1, 0.15) is 17.9 Å². The molecule has 3 aliphatic rings. The molecular formula is C41H51N7O6S. The molecule has 0 radical (unpaired) electrons. The predicted molar refractivity (Wildman–Crippen MR) is 211 cm³/mol. The molecule has 4 amide bonds. The Bertz CT molecular complexity index is 1940. The van der Waals surface area contributed by atoms with Gasteiger partial charge in [-0.1, -0.05) is 63.7 Å². The summed E-state index contributed by atoms with van der Waals surface area (Å²) in [4.78, 5) is 69.8. The van der Waals surface area contributed by atoms with E-state index in [4.69, 9.17) is 14.5 Å². The highest BCUT2D eigenvalue weighted by Crippen LogP contribution is 2.36. The maximum atomic E-state index is 13.6. The van der Waals surface area contributed by atoms with Crippen LogP contribution in [0.25, 0.3) is 16.8 Å². The van der Waals surface area contributed by atoms with E-state index in [-0.39, 0.29) is 35.7 Å². The lowest BCUT2D eigenvalue weighted by Gasteiger charge is -2.31. The molecule has 2 aromatic carbocycles. The van der Waals surface area contributed by atoms with E-state index in [9.17, 15) is 19.2 Å². The number of hydrogen-bond acceptors (Lipinski definition) is 9. The van der Waals surface area contributed by atoms with Gasteiger partial charge in [-0.25, -0.2) is 14.6 Å². The molecule has 0 saturated carbocycles. The summed E-state index contributed by atoms with van der Waals surface area (Å²) in [6.07, 6.45) is 6.52. The van der Waals surface area contributed by atoms with E-state index in [1.54, 1.807) is 11.8 Å². The third kappa shape index (κ3) is 9.07. The van der Waals surface area contributed by atoms with Gasteiger partial charge in [0.25, 0.3) is 0 Å². The highest BCUT2D eigenvalue weighted by molar-refractivity contribution is 7.99. The van der Waals surface area contributed by atoms with Gasteiger partial charge < -0.3 is 34.9 Å². The first-order valence-electron chi connectivity index (χ1n) is 19.0. The molecule has 0 spiro atoms. The maximum absolute atomic E-state index is 13.6. The summed E-state index contributed by atoms with van der Waals surface area (Å²) in [5.74, 6) is 0.302. The van der Waals surface area contributed by atoms with Crippen LogP contribution in [0.2, 0.25) is 0 Å². The fourth-order valence-corrected chi connectivity index (χ4v) is 8.40.